The van der Waals surface area contributed by atoms with Gasteiger partial charge in [0.05, 0.1) is 0 Å². The number of hydrogen-bond donors (Lipinski definition) is 2. The highest BCUT2D eigenvalue weighted by atomic mass is 79.9. The van der Waals surface area contributed by atoms with Gasteiger partial charge in [0.1, 0.15) is 0 Å². The number of hydrogen-bond acceptors (Lipinski definition) is 4. The molecule has 1 aromatic carbocycles. The number of fused-ring (bicyclic) bond motifs is 1. The third-order valence-corrected chi connectivity index (χ3v) is 6.10. The topological polar surface area (TPSA) is 50.9 Å². The van der Waals surface area contributed by atoms with Gasteiger partial charge in [-0.1, -0.05) is 18.2 Å². The number of thioether (sulfide) groups is 1. The summed E-state index contributed by atoms with van der Waals surface area (Å²) in [5, 5.41) is 0. The van der Waals surface area contributed by atoms with Crippen molar-refractivity contribution in [1.82, 2.24) is 10.4 Å². The van der Waals surface area contributed by atoms with E-state index in [4.69, 9.17) is 5.84 Å². The molecule has 21 heavy (non-hydrogen) atoms. The van der Waals surface area contributed by atoms with Crippen LogP contribution in [0.1, 0.15) is 23.6 Å². The minimum atomic E-state index is 0.234. The second-order valence-corrected chi connectivity index (χ2v) is 7.12. The zero-order chi connectivity index (χ0) is 14.7. The number of pyridine rings is 1. The first-order chi connectivity index (χ1) is 10.3. The van der Waals surface area contributed by atoms with E-state index in [0.29, 0.717) is 5.92 Å². The lowest BCUT2D eigenvalue weighted by molar-refractivity contribution is 0.468. The van der Waals surface area contributed by atoms with Crippen molar-refractivity contribution in [2.75, 3.05) is 5.75 Å². The molecule has 0 saturated carbocycles. The predicted octanol–water partition coefficient (Wildman–Crippen LogP) is 3.50. The summed E-state index contributed by atoms with van der Waals surface area (Å²) in [5.74, 6) is 7.14. The fourth-order valence-electron chi connectivity index (χ4n) is 2.86. The number of aromatic nitrogens is 1. The van der Waals surface area contributed by atoms with Crippen LogP contribution >= 0.6 is 27.7 Å². The quantitative estimate of drug-likeness (QED) is 0.484. The number of nitrogens with zero attached hydrogens (tertiary/aromatic N) is 1. The molecule has 0 spiro atoms. The molecule has 3 rings (SSSR count). The average molecular weight is 364 g/mol. The van der Waals surface area contributed by atoms with Crippen LogP contribution in [0, 0.1) is 0 Å². The van der Waals surface area contributed by atoms with E-state index < -0.39 is 0 Å². The summed E-state index contributed by atoms with van der Waals surface area (Å²) in [6.07, 6.45) is 4.11. The smallest absolute Gasteiger partial charge is 0.0482 e. The Kier molecular flexibility index (Phi) is 4.95. The summed E-state index contributed by atoms with van der Waals surface area (Å²) in [6.45, 7) is 0. The Bertz CT molecular complexity index is 620. The average Bonchev–Trinajstić information content (AvgIpc) is 2.94. The van der Waals surface area contributed by atoms with Crippen molar-refractivity contribution in [3.63, 3.8) is 0 Å². The van der Waals surface area contributed by atoms with Crippen molar-refractivity contribution < 1.29 is 0 Å². The molecule has 5 heteroatoms. The van der Waals surface area contributed by atoms with E-state index in [-0.39, 0.29) is 6.04 Å². The molecule has 0 saturated heterocycles. The third kappa shape index (κ3) is 3.31. The molecule has 2 aromatic rings. The molecular weight excluding hydrogens is 346 g/mol. The van der Waals surface area contributed by atoms with Crippen molar-refractivity contribution in [1.29, 1.82) is 0 Å². The van der Waals surface area contributed by atoms with Crippen LogP contribution in [0.5, 0.6) is 0 Å². The minimum absolute atomic E-state index is 0.234. The second-order valence-electron chi connectivity index (χ2n) is 5.21. The van der Waals surface area contributed by atoms with Gasteiger partial charge < -0.3 is 0 Å². The fraction of sp³-hybridized carbons (Fsp3) is 0.312. The van der Waals surface area contributed by atoms with Gasteiger partial charge in [-0.05, 0) is 52.5 Å². The van der Waals surface area contributed by atoms with E-state index in [0.717, 1.165) is 23.1 Å². The van der Waals surface area contributed by atoms with Crippen molar-refractivity contribution in [2.45, 2.75) is 29.7 Å². The van der Waals surface area contributed by atoms with Crippen LogP contribution in [0.4, 0.5) is 0 Å². The van der Waals surface area contributed by atoms with E-state index in [2.05, 4.69) is 50.6 Å². The van der Waals surface area contributed by atoms with Gasteiger partial charge in [-0.25, -0.2) is 0 Å². The van der Waals surface area contributed by atoms with Gasteiger partial charge in [-0.2, -0.15) is 0 Å². The maximum Gasteiger partial charge on any atom is 0.0482 e. The van der Waals surface area contributed by atoms with Crippen LogP contribution in [-0.4, -0.2) is 16.8 Å². The molecule has 0 fully saturated rings. The normalized spacial score (nSPS) is 18.5. The number of rotatable bonds is 5. The largest absolute Gasteiger partial charge is 0.271 e. The number of aryl methyl sites for hydroxylation is 1. The number of hydrazine groups is 1. The first-order valence-electron chi connectivity index (χ1n) is 7.07. The lowest BCUT2D eigenvalue weighted by Gasteiger charge is -2.22. The van der Waals surface area contributed by atoms with Gasteiger partial charge in [0.25, 0.3) is 0 Å². The van der Waals surface area contributed by atoms with Gasteiger partial charge >= 0.3 is 0 Å². The van der Waals surface area contributed by atoms with Crippen molar-refractivity contribution in [3.05, 3.63) is 58.3 Å². The number of benzene rings is 1. The van der Waals surface area contributed by atoms with E-state index in [1.807, 2.05) is 30.1 Å². The molecule has 110 valence electrons. The molecule has 1 aliphatic carbocycles. The van der Waals surface area contributed by atoms with Crippen LogP contribution in [0.2, 0.25) is 0 Å². The summed E-state index contributed by atoms with van der Waals surface area (Å²) in [4.78, 5) is 5.82. The Labute approximate surface area is 137 Å². The van der Waals surface area contributed by atoms with Crippen molar-refractivity contribution in [2.24, 2.45) is 5.84 Å². The lowest BCUT2D eigenvalue weighted by atomic mass is 9.99. The molecule has 0 bridgehead atoms. The fourth-order valence-corrected chi connectivity index (χ4v) is 4.55. The number of nitrogens with two attached hydrogens (primary N) is 1. The Morgan fingerprint density at radius 3 is 3.00 bits per heavy atom. The van der Waals surface area contributed by atoms with Gasteiger partial charge in [0.15, 0.2) is 0 Å². The summed E-state index contributed by atoms with van der Waals surface area (Å²) in [6, 6.07) is 12.7. The third-order valence-electron chi connectivity index (χ3n) is 3.96. The van der Waals surface area contributed by atoms with Crippen LogP contribution < -0.4 is 11.3 Å². The first-order valence-corrected chi connectivity index (χ1v) is 8.84. The highest BCUT2D eigenvalue weighted by Gasteiger charge is 2.30. The van der Waals surface area contributed by atoms with Crippen LogP contribution in [0.25, 0.3) is 0 Å². The predicted molar refractivity (Wildman–Crippen MR) is 91.3 cm³/mol. The van der Waals surface area contributed by atoms with Gasteiger partial charge in [0.2, 0.25) is 0 Å². The van der Waals surface area contributed by atoms with Crippen LogP contribution in [0.15, 0.2) is 52.0 Å². The molecule has 0 aliphatic heterocycles. The maximum atomic E-state index is 5.81. The standard InChI is InChI=1S/C16H18BrN3S/c17-13-5-1-2-6-15(13)21-10-14(20-18)12-8-7-11-4-3-9-19-16(11)12/h1-6,9,12,14,20H,7-8,10,18H2. The molecular formula is C16H18BrN3S. The minimum Gasteiger partial charge on any atom is -0.271 e. The van der Waals surface area contributed by atoms with Gasteiger partial charge in [0, 0.05) is 39.0 Å². The monoisotopic (exact) mass is 363 g/mol. The highest BCUT2D eigenvalue weighted by Crippen LogP contribution is 2.36. The Balaban J connectivity index is 1.71. The zero-order valence-corrected chi connectivity index (χ0v) is 14.0. The summed E-state index contributed by atoms with van der Waals surface area (Å²) >= 11 is 5.42. The molecule has 0 amide bonds. The zero-order valence-electron chi connectivity index (χ0n) is 11.6. The van der Waals surface area contributed by atoms with E-state index in [9.17, 15) is 0 Å². The summed E-state index contributed by atoms with van der Waals surface area (Å²) in [5.41, 5.74) is 5.58. The van der Waals surface area contributed by atoms with Crippen LogP contribution in [0.3, 0.4) is 0 Å². The van der Waals surface area contributed by atoms with E-state index in [1.54, 1.807) is 0 Å². The molecule has 1 aliphatic rings. The van der Waals surface area contributed by atoms with E-state index in [1.165, 1.54) is 16.2 Å². The van der Waals surface area contributed by atoms with Crippen LogP contribution in [-0.2, 0) is 6.42 Å². The van der Waals surface area contributed by atoms with Gasteiger partial charge in [-0.3, -0.25) is 16.3 Å². The number of nitrogens with one attached hydrogen (secondary N) is 1. The number of halogens is 1. The molecule has 3 nitrogen and oxygen atoms in total. The summed E-state index contributed by atoms with van der Waals surface area (Å²) < 4.78 is 1.13. The van der Waals surface area contributed by atoms with Crippen molar-refractivity contribution in [3.8, 4) is 0 Å². The Hall–Kier alpha value is -0.880. The highest BCUT2D eigenvalue weighted by molar-refractivity contribution is 9.10. The molecule has 3 N–H and O–H groups in total. The first kappa shape index (κ1) is 15.0. The van der Waals surface area contributed by atoms with Gasteiger partial charge in [-0.15, -0.1) is 11.8 Å². The lowest BCUT2D eigenvalue weighted by Crippen LogP contribution is -2.41. The van der Waals surface area contributed by atoms with Crippen molar-refractivity contribution >= 4 is 27.7 Å². The Morgan fingerprint density at radius 2 is 2.19 bits per heavy atom. The molecule has 1 aromatic heterocycles. The maximum absolute atomic E-state index is 5.81. The summed E-state index contributed by atoms with van der Waals surface area (Å²) in [7, 11) is 0. The molecule has 1 heterocycles. The Morgan fingerprint density at radius 1 is 1.33 bits per heavy atom. The van der Waals surface area contributed by atoms with E-state index >= 15 is 0 Å². The second kappa shape index (κ2) is 6.92. The molecule has 2 atom stereocenters. The molecule has 2 unspecified atom stereocenters. The SMILES string of the molecule is NNC(CSc1ccccc1Br)C1CCc2cccnc21. The molecule has 0 radical (unpaired) electrons.